The van der Waals surface area contributed by atoms with Crippen molar-refractivity contribution in [2.45, 2.75) is 39.4 Å². The number of hydrogen-bond acceptors (Lipinski definition) is 5. The SMILES string of the molecule is CCCOc1ccc(C2=C(SC(C)C)C(=O)N(c3cc(C)ccc3OC)C2=O)cc1. The molecule has 1 aliphatic rings. The van der Waals surface area contributed by atoms with Gasteiger partial charge in [0.25, 0.3) is 11.8 Å². The first-order chi connectivity index (χ1) is 14.4. The standard InChI is InChI=1S/C24H27NO4S/c1-6-13-29-18-10-8-17(9-11-18)21-22(30-15(2)3)24(27)25(23(21)26)19-14-16(4)7-12-20(19)28-5/h7-12,14-15H,6,13H2,1-5H3. The maximum atomic E-state index is 13.5. The molecule has 0 atom stereocenters. The summed E-state index contributed by atoms with van der Waals surface area (Å²) in [6.07, 6.45) is 0.919. The molecule has 0 saturated heterocycles. The molecule has 2 aromatic rings. The molecule has 0 unspecified atom stereocenters. The highest BCUT2D eigenvalue weighted by Gasteiger charge is 2.41. The molecule has 3 rings (SSSR count). The van der Waals surface area contributed by atoms with Crippen LogP contribution in [0.4, 0.5) is 5.69 Å². The van der Waals surface area contributed by atoms with E-state index in [1.165, 1.54) is 23.8 Å². The number of imide groups is 1. The Morgan fingerprint density at radius 1 is 1.03 bits per heavy atom. The maximum Gasteiger partial charge on any atom is 0.272 e. The molecule has 0 spiro atoms. The molecule has 0 saturated carbocycles. The Kier molecular flexibility index (Phi) is 6.87. The van der Waals surface area contributed by atoms with Gasteiger partial charge in [-0.25, -0.2) is 4.90 Å². The highest BCUT2D eigenvalue weighted by atomic mass is 32.2. The van der Waals surface area contributed by atoms with Gasteiger partial charge in [-0.15, -0.1) is 11.8 Å². The molecule has 2 aromatic carbocycles. The van der Waals surface area contributed by atoms with Gasteiger partial charge in [0.15, 0.2) is 0 Å². The van der Waals surface area contributed by atoms with Gasteiger partial charge in [0, 0.05) is 5.25 Å². The van der Waals surface area contributed by atoms with Crippen LogP contribution >= 0.6 is 11.8 Å². The normalized spacial score (nSPS) is 14.1. The van der Waals surface area contributed by atoms with E-state index in [1.807, 2.05) is 58.0 Å². The number of thioether (sulfide) groups is 1. The van der Waals surface area contributed by atoms with Gasteiger partial charge in [0.2, 0.25) is 0 Å². The van der Waals surface area contributed by atoms with Crippen LogP contribution < -0.4 is 14.4 Å². The molecule has 1 aliphatic heterocycles. The Morgan fingerprint density at radius 3 is 2.33 bits per heavy atom. The number of nitrogens with zero attached hydrogens (tertiary/aromatic N) is 1. The topological polar surface area (TPSA) is 55.8 Å². The summed E-state index contributed by atoms with van der Waals surface area (Å²) in [5.74, 6) is 0.576. The van der Waals surface area contributed by atoms with E-state index in [1.54, 1.807) is 12.1 Å². The van der Waals surface area contributed by atoms with Crippen LogP contribution in [0.25, 0.3) is 5.57 Å². The molecule has 0 bridgehead atoms. The fraction of sp³-hybridized carbons (Fsp3) is 0.333. The average Bonchev–Trinajstić information content (AvgIpc) is 2.96. The van der Waals surface area contributed by atoms with Gasteiger partial charge >= 0.3 is 0 Å². The van der Waals surface area contributed by atoms with Crippen LogP contribution in [-0.2, 0) is 9.59 Å². The molecule has 30 heavy (non-hydrogen) atoms. The largest absolute Gasteiger partial charge is 0.495 e. The Balaban J connectivity index is 2.05. The Hall–Kier alpha value is -2.73. The van der Waals surface area contributed by atoms with Crippen molar-refractivity contribution < 1.29 is 19.1 Å². The zero-order chi connectivity index (χ0) is 21.8. The minimum absolute atomic E-state index is 0.151. The predicted octanol–water partition coefficient (Wildman–Crippen LogP) is 5.22. The van der Waals surface area contributed by atoms with Gasteiger partial charge in [-0.3, -0.25) is 9.59 Å². The highest BCUT2D eigenvalue weighted by molar-refractivity contribution is 8.04. The van der Waals surface area contributed by atoms with E-state index in [2.05, 4.69) is 0 Å². The summed E-state index contributed by atoms with van der Waals surface area (Å²) >= 11 is 1.41. The number of amides is 2. The molecule has 0 aromatic heterocycles. The van der Waals surface area contributed by atoms with Crippen LogP contribution in [0.5, 0.6) is 11.5 Å². The molecule has 2 amide bonds. The fourth-order valence-electron chi connectivity index (χ4n) is 3.24. The second kappa shape index (κ2) is 9.39. The maximum absolute atomic E-state index is 13.5. The number of carbonyl (C=O) groups is 2. The van der Waals surface area contributed by atoms with E-state index >= 15 is 0 Å². The Bertz CT molecular complexity index is 979. The Labute approximate surface area is 182 Å². The first-order valence-corrected chi connectivity index (χ1v) is 10.9. The average molecular weight is 426 g/mol. The van der Waals surface area contributed by atoms with E-state index in [9.17, 15) is 9.59 Å². The third-order valence-corrected chi connectivity index (χ3v) is 5.67. The molecule has 0 fully saturated rings. The summed E-state index contributed by atoms with van der Waals surface area (Å²) in [7, 11) is 1.53. The molecule has 0 aliphatic carbocycles. The van der Waals surface area contributed by atoms with Crippen molar-refractivity contribution in [3.63, 3.8) is 0 Å². The molecule has 6 heteroatoms. The van der Waals surface area contributed by atoms with E-state index in [4.69, 9.17) is 9.47 Å². The number of anilines is 1. The van der Waals surface area contributed by atoms with Crippen molar-refractivity contribution in [2.75, 3.05) is 18.6 Å². The number of benzene rings is 2. The third-order valence-electron chi connectivity index (χ3n) is 4.59. The number of aryl methyl sites for hydroxylation is 1. The lowest BCUT2D eigenvalue weighted by molar-refractivity contribution is -0.119. The summed E-state index contributed by atoms with van der Waals surface area (Å²) in [6.45, 7) is 8.61. The number of carbonyl (C=O) groups excluding carboxylic acids is 2. The zero-order valence-corrected chi connectivity index (χ0v) is 18.8. The number of rotatable bonds is 8. The van der Waals surface area contributed by atoms with Gasteiger partial charge in [-0.2, -0.15) is 0 Å². The molecule has 0 radical (unpaired) electrons. The van der Waals surface area contributed by atoms with E-state index in [0.29, 0.717) is 34.1 Å². The summed E-state index contributed by atoms with van der Waals surface area (Å²) < 4.78 is 11.1. The zero-order valence-electron chi connectivity index (χ0n) is 18.0. The fourth-order valence-corrected chi connectivity index (χ4v) is 4.23. The molecule has 1 heterocycles. The summed E-state index contributed by atoms with van der Waals surface area (Å²) in [6, 6.07) is 12.8. The monoisotopic (exact) mass is 425 g/mol. The van der Waals surface area contributed by atoms with Gasteiger partial charge in [-0.1, -0.05) is 39.0 Å². The first-order valence-electron chi connectivity index (χ1n) is 10.0. The molecule has 158 valence electrons. The van der Waals surface area contributed by atoms with Crippen molar-refractivity contribution in [2.24, 2.45) is 0 Å². The van der Waals surface area contributed by atoms with Gasteiger partial charge in [0.1, 0.15) is 11.5 Å². The summed E-state index contributed by atoms with van der Waals surface area (Å²) in [5, 5.41) is 0.151. The Morgan fingerprint density at radius 2 is 1.73 bits per heavy atom. The molecule has 5 nitrogen and oxygen atoms in total. The minimum atomic E-state index is -0.339. The number of hydrogen-bond donors (Lipinski definition) is 0. The van der Waals surface area contributed by atoms with E-state index in [-0.39, 0.29) is 17.1 Å². The summed E-state index contributed by atoms with van der Waals surface area (Å²) in [4.78, 5) is 28.6. The lowest BCUT2D eigenvalue weighted by Gasteiger charge is -2.19. The second-order valence-electron chi connectivity index (χ2n) is 7.36. The van der Waals surface area contributed by atoms with E-state index in [0.717, 1.165) is 17.7 Å². The van der Waals surface area contributed by atoms with Gasteiger partial charge in [0.05, 0.1) is 29.9 Å². The smallest absolute Gasteiger partial charge is 0.272 e. The van der Waals surface area contributed by atoms with Crippen LogP contribution in [0.15, 0.2) is 47.4 Å². The molecule has 0 N–H and O–H groups in total. The van der Waals surface area contributed by atoms with Crippen LogP contribution in [0.2, 0.25) is 0 Å². The van der Waals surface area contributed by atoms with Gasteiger partial charge in [-0.05, 0) is 48.7 Å². The van der Waals surface area contributed by atoms with Crippen LogP contribution in [-0.4, -0.2) is 30.8 Å². The number of methoxy groups -OCH3 is 1. The molecular formula is C24H27NO4S. The quantitative estimate of drug-likeness (QED) is 0.543. The second-order valence-corrected chi connectivity index (χ2v) is 8.95. The lowest BCUT2D eigenvalue weighted by atomic mass is 10.1. The lowest BCUT2D eigenvalue weighted by Crippen LogP contribution is -2.31. The van der Waals surface area contributed by atoms with E-state index < -0.39 is 0 Å². The van der Waals surface area contributed by atoms with Crippen molar-refractivity contribution in [1.82, 2.24) is 0 Å². The first kappa shape index (κ1) is 22.0. The minimum Gasteiger partial charge on any atom is -0.495 e. The van der Waals surface area contributed by atoms with Crippen molar-refractivity contribution >= 4 is 34.8 Å². The number of ether oxygens (including phenoxy) is 2. The highest BCUT2D eigenvalue weighted by Crippen LogP contribution is 2.42. The van der Waals surface area contributed by atoms with Crippen molar-refractivity contribution in [1.29, 1.82) is 0 Å². The summed E-state index contributed by atoms with van der Waals surface area (Å²) in [5.41, 5.74) is 2.53. The van der Waals surface area contributed by atoms with Crippen LogP contribution in [0.1, 0.15) is 38.3 Å². The molecular weight excluding hydrogens is 398 g/mol. The predicted molar refractivity (Wildman–Crippen MR) is 122 cm³/mol. The van der Waals surface area contributed by atoms with Crippen molar-refractivity contribution in [3.8, 4) is 11.5 Å². The third kappa shape index (κ3) is 4.38. The van der Waals surface area contributed by atoms with Crippen LogP contribution in [0.3, 0.4) is 0 Å². The van der Waals surface area contributed by atoms with Gasteiger partial charge < -0.3 is 9.47 Å². The van der Waals surface area contributed by atoms with Crippen molar-refractivity contribution in [3.05, 3.63) is 58.5 Å². The van der Waals surface area contributed by atoms with Crippen LogP contribution in [0, 0.1) is 6.92 Å².